The molecule has 0 saturated carbocycles. The number of hydrogen-bond acceptors (Lipinski definition) is 5. The van der Waals surface area contributed by atoms with Gasteiger partial charge in [-0.05, 0) is 54.2 Å². The average Bonchev–Trinajstić information content (AvgIpc) is 3.19. The fourth-order valence-electron chi connectivity index (χ4n) is 2.70. The van der Waals surface area contributed by atoms with Crippen LogP contribution in [0.3, 0.4) is 0 Å². The molecule has 0 aromatic heterocycles. The summed E-state index contributed by atoms with van der Waals surface area (Å²) in [6.45, 7) is 0.151. The molecule has 0 aliphatic carbocycles. The Hall–Kier alpha value is -2.77. The molecule has 0 unspecified atom stereocenters. The first-order valence-electron chi connectivity index (χ1n) is 7.67. The SMILES string of the molecule is COc1ccc(N2C(=O)C(=Cc3cc4c(cc3Cl)OCO4)NC2=S)cc1. The van der Waals surface area contributed by atoms with Gasteiger partial charge in [0.25, 0.3) is 5.91 Å². The zero-order chi connectivity index (χ0) is 18.3. The van der Waals surface area contributed by atoms with E-state index in [0.717, 1.165) is 0 Å². The van der Waals surface area contributed by atoms with Crippen LogP contribution in [0.25, 0.3) is 6.08 Å². The highest BCUT2D eigenvalue weighted by Gasteiger charge is 2.32. The molecule has 2 aliphatic heterocycles. The molecule has 0 radical (unpaired) electrons. The predicted molar refractivity (Wildman–Crippen MR) is 102 cm³/mol. The van der Waals surface area contributed by atoms with E-state index in [4.69, 9.17) is 38.0 Å². The number of methoxy groups -OCH3 is 1. The molecule has 6 nitrogen and oxygen atoms in total. The normalized spacial score (nSPS) is 17.0. The van der Waals surface area contributed by atoms with Gasteiger partial charge in [-0.3, -0.25) is 9.69 Å². The molecule has 2 aromatic rings. The third-order valence-corrected chi connectivity index (χ3v) is 4.61. The average molecular weight is 389 g/mol. The van der Waals surface area contributed by atoms with E-state index in [1.54, 1.807) is 49.6 Å². The lowest BCUT2D eigenvalue weighted by Gasteiger charge is -2.14. The first-order valence-corrected chi connectivity index (χ1v) is 8.46. The molecule has 2 aliphatic rings. The van der Waals surface area contributed by atoms with Crippen LogP contribution in [-0.4, -0.2) is 24.9 Å². The van der Waals surface area contributed by atoms with Crippen molar-refractivity contribution in [3.05, 3.63) is 52.7 Å². The Labute approximate surface area is 159 Å². The number of rotatable bonds is 3. The first-order chi connectivity index (χ1) is 12.6. The molecule has 2 heterocycles. The second-order valence-electron chi connectivity index (χ2n) is 5.55. The number of thiocarbonyl (C=S) groups is 1. The molecular weight excluding hydrogens is 376 g/mol. The van der Waals surface area contributed by atoms with Gasteiger partial charge in [0.1, 0.15) is 11.4 Å². The molecule has 1 fully saturated rings. The summed E-state index contributed by atoms with van der Waals surface area (Å²) in [5, 5.41) is 3.68. The number of fused-ring (bicyclic) bond motifs is 1. The maximum absolute atomic E-state index is 12.8. The van der Waals surface area contributed by atoms with Gasteiger partial charge in [0.2, 0.25) is 6.79 Å². The topological polar surface area (TPSA) is 60.0 Å². The second-order valence-corrected chi connectivity index (χ2v) is 6.35. The van der Waals surface area contributed by atoms with Gasteiger partial charge in [-0.1, -0.05) is 11.6 Å². The summed E-state index contributed by atoms with van der Waals surface area (Å²) in [6, 6.07) is 10.5. The van der Waals surface area contributed by atoms with E-state index >= 15 is 0 Å². The number of nitrogens with one attached hydrogen (secondary N) is 1. The molecule has 0 bridgehead atoms. The maximum atomic E-state index is 12.8. The molecule has 1 N–H and O–H groups in total. The third-order valence-electron chi connectivity index (χ3n) is 4.00. The number of halogens is 1. The lowest BCUT2D eigenvalue weighted by Crippen LogP contribution is -2.30. The van der Waals surface area contributed by atoms with Gasteiger partial charge in [0, 0.05) is 6.07 Å². The van der Waals surface area contributed by atoms with Gasteiger partial charge >= 0.3 is 0 Å². The summed E-state index contributed by atoms with van der Waals surface area (Å²) in [5.74, 6) is 1.59. The monoisotopic (exact) mass is 388 g/mol. The van der Waals surface area contributed by atoms with Gasteiger partial charge in [0.15, 0.2) is 16.6 Å². The fraction of sp³-hybridized carbons (Fsp3) is 0.111. The molecule has 0 spiro atoms. The minimum atomic E-state index is -0.270. The molecule has 4 rings (SSSR count). The van der Waals surface area contributed by atoms with Crippen LogP contribution in [-0.2, 0) is 4.79 Å². The summed E-state index contributed by atoms with van der Waals surface area (Å²) < 4.78 is 15.8. The van der Waals surface area contributed by atoms with E-state index < -0.39 is 0 Å². The van der Waals surface area contributed by atoms with Crippen LogP contribution >= 0.6 is 23.8 Å². The van der Waals surface area contributed by atoms with Gasteiger partial charge in [0.05, 0.1) is 17.8 Å². The van der Waals surface area contributed by atoms with Gasteiger partial charge in [-0.2, -0.15) is 0 Å². The first kappa shape index (κ1) is 16.7. The number of carbonyl (C=O) groups excluding carboxylic acids is 1. The zero-order valence-corrected chi connectivity index (χ0v) is 15.2. The van der Waals surface area contributed by atoms with Crippen LogP contribution in [0.1, 0.15) is 5.56 Å². The van der Waals surface area contributed by atoms with E-state index in [2.05, 4.69) is 5.32 Å². The van der Waals surface area contributed by atoms with Crippen molar-refractivity contribution in [2.75, 3.05) is 18.8 Å². The predicted octanol–water partition coefficient (Wildman–Crippen LogP) is 3.34. The molecule has 132 valence electrons. The van der Waals surface area contributed by atoms with Crippen molar-refractivity contribution in [2.45, 2.75) is 0 Å². The Morgan fingerprint density at radius 1 is 1.23 bits per heavy atom. The van der Waals surface area contributed by atoms with E-state index in [-0.39, 0.29) is 12.7 Å². The van der Waals surface area contributed by atoms with Crippen LogP contribution in [0.4, 0.5) is 5.69 Å². The Morgan fingerprint density at radius 3 is 2.62 bits per heavy atom. The van der Waals surface area contributed by atoms with Crippen LogP contribution in [0, 0.1) is 0 Å². The van der Waals surface area contributed by atoms with Crippen molar-refractivity contribution in [3.63, 3.8) is 0 Å². The van der Waals surface area contributed by atoms with Crippen molar-refractivity contribution in [1.82, 2.24) is 5.32 Å². The summed E-state index contributed by atoms with van der Waals surface area (Å²) >= 11 is 11.6. The number of carbonyl (C=O) groups is 1. The van der Waals surface area contributed by atoms with E-state index in [0.29, 0.717) is 44.3 Å². The standard InChI is InChI=1S/C18H13ClN2O4S/c1-23-12-4-2-11(3-5-12)21-17(22)14(20-18(21)26)6-10-7-15-16(8-13(10)19)25-9-24-15/h2-8H,9H2,1H3,(H,20,26). The summed E-state index contributed by atoms with van der Waals surface area (Å²) in [4.78, 5) is 14.2. The van der Waals surface area contributed by atoms with Crippen molar-refractivity contribution < 1.29 is 19.0 Å². The minimum absolute atomic E-state index is 0.151. The quantitative estimate of drug-likeness (QED) is 0.643. The molecule has 1 saturated heterocycles. The molecular formula is C18H13ClN2O4S. The summed E-state index contributed by atoms with van der Waals surface area (Å²) in [6.07, 6.45) is 1.64. The number of hydrogen-bond donors (Lipinski definition) is 1. The Balaban J connectivity index is 1.65. The van der Waals surface area contributed by atoms with E-state index in [1.807, 2.05) is 0 Å². The fourth-order valence-corrected chi connectivity index (χ4v) is 3.21. The lowest BCUT2D eigenvalue weighted by molar-refractivity contribution is -0.113. The molecule has 1 amide bonds. The number of ether oxygens (including phenoxy) is 3. The highest BCUT2D eigenvalue weighted by molar-refractivity contribution is 7.80. The number of amides is 1. The maximum Gasteiger partial charge on any atom is 0.281 e. The van der Waals surface area contributed by atoms with Crippen molar-refractivity contribution in [1.29, 1.82) is 0 Å². The smallest absolute Gasteiger partial charge is 0.281 e. The molecule has 26 heavy (non-hydrogen) atoms. The van der Waals surface area contributed by atoms with Crippen LogP contribution < -0.4 is 24.4 Å². The highest BCUT2D eigenvalue weighted by Crippen LogP contribution is 2.37. The number of nitrogens with zero attached hydrogens (tertiary/aromatic N) is 1. The van der Waals surface area contributed by atoms with Crippen LogP contribution in [0.15, 0.2) is 42.1 Å². The van der Waals surface area contributed by atoms with Crippen LogP contribution in [0.2, 0.25) is 5.02 Å². The Bertz CT molecular complexity index is 943. The number of benzene rings is 2. The Kier molecular flexibility index (Phi) is 4.18. The Morgan fingerprint density at radius 2 is 1.92 bits per heavy atom. The van der Waals surface area contributed by atoms with Crippen molar-refractivity contribution in [3.8, 4) is 17.2 Å². The molecule has 0 atom stereocenters. The second kappa shape index (κ2) is 6.51. The molecule has 2 aromatic carbocycles. The van der Waals surface area contributed by atoms with Crippen molar-refractivity contribution in [2.24, 2.45) is 0 Å². The summed E-state index contributed by atoms with van der Waals surface area (Å²) in [5.41, 5.74) is 1.60. The van der Waals surface area contributed by atoms with Crippen molar-refractivity contribution >= 4 is 46.6 Å². The lowest BCUT2D eigenvalue weighted by atomic mass is 10.1. The van der Waals surface area contributed by atoms with Gasteiger partial charge < -0.3 is 19.5 Å². The largest absolute Gasteiger partial charge is 0.497 e. The number of anilines is 1. The highest BCUT2D eigenvalue weighted by atomic mass is 35.5. The van der Waals surface area contributed by atoms with E-state index in [1.165, 1.54) is 4.90 Å². The van der Waals surface area contributed by atoms with Gasteiger partial charge in [-0.25, -0.2) is 0 Å². The molecule has 8 heteroatoms. The van der Waals surface area contributed by atoms with Gasteiger partial charge in [-0.15, -0.1) is 0 Å². The van der Waals surface area contributed by atoms with E-state index in [9.17, 15) is 4.79 Å². The minimum Gasteiger partial charge on any atom is -0.497 e. The summed E-state index contributed by atoms with van der Waals surface area (Å²) in [7, 11) is 1.58. The third kappa shape index (κ3) is 2.85. The zero-order valence-electron chi connectivity index (χ0n) is 13.6. The van der Waals surface area contributed by atoms with Crippen LogP contribution in [0.5, 0.6) is 17.2 Å².